The van der Waals surface area contributed by atoms with Crippen LogP contribution in [0, 0.1) is 11.7 Å². The molecule has 2 aromatic carbocycles. The summed E-state index contributed by atoms with van der Waals surface area (Å²) in [5.74, 6) is -1.01. The van der Waals surface area contributed by atoms with E-state index in [1.54, 1.807) is 29.4 Å². The number of benzene rings is 2. The van der Waals surface area contributed by atoms with Gasteiger partial charge in [0.05, 0.1) is 0 Å². The fraction of sp³-hybridized carbons (Fsp3) is 0.269. The summed E-state index contributed by atoms with van der Waals surface area (Å²) in [6.07, 6.45) is 3.75. The molecule has 0 aliphatic rings. The van der Waals surface area contributed by atoms with Crippen molar-refractivity contribution in [3.63, 3.8) is 0 Å². The van der Waals surface area contributed by atoms with E-state index < -0.39 is 6.04 Å². The van der Waals surface area contributed by atoms with E-state index >= 15 is 0 Å². The molecule has 0 saturated heterocycles. The number of nitrogens with zero attached hydrogens (tertiary/aromatic N) is 2. The first-order valence-electron chi connectivity index (χ1n) is 10.7. The van der Waals surface area contributed by atoms with Gasteiger partial charge < -0.3 is 10.2 Å². The first-order valence-corrected chi connectivity index (χ1v) is 10.7. The average Bonchev–Trinajstić information content (AvgIpc) is 2.81. The van der Waals surface area contributed by atoms with E-state index in [0.717, 1.165) is 16.7 Å². The van der Waals surface area contributed by atoms with Crippen LogP contribution in [0.15, 0.2) is 79.1 Å². The molecule has 166 valence electrons. The number of pyridine rings is 1. The third-order valence-electron chi connectivity index (χ3n) is 5.18. The van der Waals surface area contributed by atoms with E-state index in [1.165, 1.54) is 12.1 Å². The van der Waals surface area contributed by atoms with Crippen LogP contribution < -0.4 is 5.32 Å². The molecular formula is C26H28FN3O2. The van der Waals surface area contributed by atoms with Crippen molar-refractivity contribution in [3.05, 3.63) is 102 Å². The van der Waals surface area contributed by atoms with Gasteiger partial charge >= 0.3 is 0 Å². The van der Waals surface area contributed by atoms with E-state index in [1.807, 2.05) is 56.3 Å². The molecule has 1 N–H and O–H groups in total. The van der Waals surface area contributed by atoms with Crippen LogP contribution in [-0.2, 0) is 29.1 Å². The summed E-state index contributed by atoms with van der Waals surface area (Å²) in [4.78, 5) is 32.2. The van der Waals surface area contributed by atoms with Crippen molar-refractivity contribution >= 4 is 11.8 Å². The van der Waals surface area contributed by atoms with Crippen molar-refractivity contribution in [1.82, 2.24) is 15.2 Å². The zero-order valence-electron chi connectivity index (χ0n) is 18.4. The van der Waals surface area contributed by atoms with Gasteiger partial charge in [-0.2, -0.15) is 0 Å². The second-order valence-electron chi connectivity index (χ2n) is 8.03. The molecule has 0 saturated carbocycles. The molecule has 3 rings (SSSR count). The average molecular weight is 434 g/mol. The van der Waals surface area contributed by atoms with Gasteiger partial charge in [-0.3, -0.25) is 14.6 Å². The highest BCUT2D eigenvalue weighted by molar-refractivity contribution is 5.88. The fourth-order valence-corrected chi connectivity index (χ4v) is 3.45. The first kappa shape index (κ1) is 23.1. The number of amides is 2. The highest BCUT2D eigenvalue weighted by Crippen LogP contribution is 2.18. The van der Waals surface area contributed by atoms with Gasteiger partial charge in [-0.15, -0.1) is 0 Å². The molecule has 0 bridgehead atoms. The minimum atomic E-state index is -0.714. The van der Waals surface area contributed by atoms with Gasteiger partial charge in [-0.1, -0.05) is 62.4 Å². The lowest BCUT2D eigenvalue weighted by atomic mass is 10.0. The second-order valence-corrected chi connectivity index (χ2v) is 8.03. The number of hydrogen-bond acceptors (Lipinski definition) is 3. The van der Waals surface area contributed by atoms with E-state index in [4.69, 9.17) is 0 Å². The van der Waals surface area contributed by atoms with Crippen LogP contribution in [0.25, 0.3) is 0 Å². The molecule has 0 spiro atoms. The molecule has 1 unspecified atom stereocenters. The molecule has 2 amide bonds. The number of aromatic nitrogens is 1. The second kappa shape index (κ2) is 11.2. The van der Waals surface area contributed by atoms with E-state index in [9.17, 15) is 14.0 Å². The molecule has 0 radical (unpaired) electrons. The van der Waals surface area contributed by atoms with Crippen LogP contribution in [0.3, 0.4) is 0 Å². The van der Waals surface area contributed by atoms with E-state index in [0.29, 0.717) is 13.0 Å². The van der Waals surface area contributed by atoms with Crippen molar-refractivity contribution < 1.29 is 14.0 Å². The minimum Gasteiger partial charge on any atom is -0.350 e. The van der Waals surface area contributed by atoms with Gasteiger partial charge in [0, 0.05) is 37.8 Å². The zero-order chi connectivity index (χ0) is 22.9. The lowest BCUT2D eigenvalue weighted by Gasteiger charge is -2.32. The molecule has 1 atom stereocenters. The maximum atomic E-state index is 13.4. The van der Waals surface area contributed by atoms with Crippen LogP contribution in [-0.4, -0.2) is 27.7 Å². The molecule has 5 nitrogen and oxygen atoms in total. The molecule has 1 aromatic heterocycles. The molecule has 0 aliphatic heterocycles. The smallest absolute Gasteiger partial charge is 0.243 e. The molecule has 1 heterocycles. The summed E-state index contributed by atoms with van der Waals surface area (Å²) >= 11 is 0. The number of rotatable bonds is 9. The summed E-state index contributed by atoms with van der Waals surface area (Å²) in [6, 6.07) is 18.6. The van der Waals surface area contributed by atoms with Crippen LogP contribution in [0.1, 0.15) is 30.5 Å². The SMILES string of the molecule is CC(C)C(=O)N(Cc1ccc(F)cc1)C(Cc1ccccc1)C(=O)NCc1cccnc1. The van der Waals surface area contributed by atoms with Crippen LogP contribution in [0.4, 0.5) is 4.39 Å². The fourth-order valence-electron chi connectivity index (χ4n) is 3.45. The Morgan fingerprint density at radius 3 is 2.25 bits per heavy atom. The van der Waals surface area contributed by atoms with Crippen molar-refractivity contribution in [3.8, 4) is 0 Å². The lowest BCUT2D eigenvalue weighted by molar-refractivity contribution is -0.143. The van der Waals surface area contributed by atoms with Gasteiger partial charge in [-0.25, -0.2) is 4.39 Å². The Balaban J connectivity index is 1.89. The summed E-state index contributed by atoms with van der Waals surface area (Å²) in [5.41, 5.74) is 2.59. The number of nitrogens with one attached hydrogen (secondary N) is 1. The normalized spacial score (nSPS) is 11.8. The summed E-state index contributed by atoms with van der Waals surface area (Å²) in [7, 11) is 0. The minimum absolute atomic E-state index is 0.133. The largest absolute Gasteiger partial charge is 0.350 e. The van der Waals surface area contributed by atoms with Crippen LogP contribution >= 0.6 is 0 Å². The summed E-state index contributed by atoms with van der Waals surface area (Å²) < 4.78 is 13.4. The molecule has 3 aromatic rings. The Labute approximate surface area is 188 Å². The number of hydrogen-bond donors (Lipinski definition) is 1. The lowest BCUT2D eigenvalue weighted by Crippen LogP contribution is -2.51. The third kappa shape index (κ3) is 6.48. The van der Waals surface area contributed by atoms with E-state index in [2.05, 4.69) is 10.3 Å². The number of carbonyl (C=O) groups is 2. The Morgan fingerprint density at radius 1 is 0.938 bits per heavy atom. The topological polar surface area (TPSA) is 62.3 Å². The maximum Gasteiger partial charge on any atom is 0.243 e. The molecular weight excluding hydrogens is 405 g/mol. The molecule has 0 fully saturated rings. The quantitative estimate of drug-likeness (QED) is 0.552. The Bertz CT molecular complexity index is 1010. The zero-order valence-corrected chi connectivity index (χ0v) is 18.4. The third-order valence-corrected chi connectivity index (χ3v) is 5.18. The molecule has 6 heteroatoms. The van der Waals surface area contributed by atoms with Crippen molar-refractivity contribution in [2.75, 3.05) is 0 Å². The molecule has 0 aliphatic carbocycles. The highest BCUT2D eigenvalue weighted by Gasteiger charge is 2.31. The van der Waals surface area contributed by atoms with Gasteiger partial charge in [0.25, 0.3) is 0 Å². The number of carbonyl (C=O) groups excluding carboxylic acids is 2. The highest BCUT2D eigenvalue weighted by atomic mass is 19.1. The van der Waals surface area contributed by atoms with Gasteiger partial charge in [-0.05, 0) is 34.9 Å². The van der Waals surface area contributed by atoms with Gasteiger partial charge in [0.1, 0.15) is 11.9 Å². The predicted octanol–water partition coefficient (Wildman–Crippen LogP) is 4.13. The van der Waals surface area contributed by atoms with Crippen molar-refractivity contribution in [1.29, 1.82) is 0 Å². The first-order chi connectivity index (χ1) is 15.4. The van der Waals surface area contributed by atoms with Gasteiger partial charge in [0.15, 0.2) is 0 Å². The van der Waals surface area contributed by atoms with E-state index in [-0.39, 0.29) is 30.1 Å². The van der Waals surface area contributed by atoms with Crippen molar-refractivity contribution in [2.45, 2.75) is 39.4 Å². The molecule has 32 heavy (non-hydrogen) atoms. The predicted molar refractivity (Wildman–Crippen MR) is 122 cm³/mol. The summed E-state index contributed by atoms with van der Waals surface area (Å²) in [6.45, 7) is 4.16. The Kier molecular flexibility index (Phi) is 8.08. The van der Waals surface area contributed by atoms with Gasteiger partial charge in [0.2, 0.25) is 11.8 Å². The van der Waals surface area contributed by atoms with Crippen LogP contribution in [0.5, 0.6) is 0 Å². The monoisotopic (exact) mass is 433 g/mol. The van der Waals surface area contributed by atoms with Crippen molar-refractivity contribution in [2.24, 2.45) is 5.92 Å². The summed E-state index contributed by atoms with van der Waals surface area (Å²) in [5, 5.41) is 2.96. The Hall–Kier alpha value is -3.54. The maximum absolute atomic E-state index is 13.4. The Morgan fingerprint density at radius 2 is 1.62 bits per heavy atom. The van der Waals surface area contributed by atoms with Crippen LogP contribution in [0.2, 0.25) is 0 Å². The standard InChI is InChI=1S/C26H28FN3O2/c1-19(2)26(32)30(18-21-10-12-23(27)13-11-21)24(15-20-7-4-3-5-8-20)25(31)29-17-22-9-6-14-28-16-22/h3-14,16,19,24H,15,17-18H2,1-2H3,(H,29,31). The number of halogens is 1.